The van der Waals surface area contributed by atoms with Crippen molar-refractivity contribution in [3.05, 3.63) is 76.1 Å². The number of fused-ring (bicyclic) bond motifs is 1. The Morgan fingerprint density at radius 2 is 1.78 bits per heavy atom. The minimum Gasteiger partial charge on any atom is -0.495 e. The smallest absolute Gasteiger partial charge is 0.262 e. The van der Waals surface area contributed by atoms with Gasteiger partial charge >= 0.3 is 0 Å². The summed E-state index contributed by atoms with van der Waals surface area (Å²) in [5.41, 5.74) is 5.56. The van der Waals surface area contributed by atoms with Gasteiger partial charge in [-0.3, -0.25) is 4.79 Å². The maximum absolute atomic E-state index is 12.4. The fraction of sp³-hybridized carbons (Fsp3) is 0.179. The monoisotopic (exact) mass is 516 g/mol. The van der Waals surface area contributed by atoms with Crippen LogP contribution in [0.15, 0.2) is 48.5 Å². The van der Waals surface area contributed by atoms with E-state index < -0.39 is 0 Å². The second-order valence-electron chi connectivity index (χ2n) is 8.31. The summed E-state index contributed by atoms with van der Waals surface area (Å²) in [5.74, 6) is 1.43. The standard InChI is InChI=1S/C28H25ClN4O4/c1-16-9-22-23(10-17(16)2)33-28(32-22)19(14-30)11-18-5-7-25(26(12-18)36-4)37-15-27(34)31-20-6-8-24(35-3)21(29)13-20/h5-13H,15H2,1-4H3,(H,31,34)(H,32,33)/b19-11+. The number of methoxy groups -OCH3 is 2. The maximum atomic E-state index is 12.4. The second-order valence-corrected chi connectivity index (χ2v) is 8.71. The van der Waals surface area contributed by atoms with E-state index in [4.69, 9.17) is 25.8 Å². The molecule has 0 fully saturated rings. The fourth-order valence-corrected chi connectivity index (χ4v) is 3.95. The number of benzene rings is 3. The Hall–Kier alpha value is -4.48. The minimum atomic E-state index is -0.366. The van der Waals surface area contributed by atoms with Gasteiger partial charge in [0.05, 0.1) is 35.8 Å². The summed E-state index contributed by atoms with van der Waals surface area (Å²) in [6, 6.07) is 16.3. The van der Waals surface area contributed by atoms with Crippen LogP contribution in [0.5, 0.6) is 17.2 Å². The van der Waals surface area contributed by atoms with Crippen molar-refractivity contribution in [3.8, 4) is 23.3 Å². The Labute approximate surface area is 219 Å². The molecule has 0 bridgehead atoms. The molecule has 1 aromatic heterocycles. The molecule has 0 aliphatic heterocycles. The fourth-order valence-electron chi connectivity index (χ4n) is 3.70. The molecule has 8 nitrogen and oxygen atoms in total. The van der Waals surface area contributed by atoms with Crippen LogP contribution in [0.3, 0.4) is 0 Å². The molecular weight excluding hydrogens is 492 g/mol. The first-order valence-corrected chi connectivity index (χ1v) is 11.7. The number of carbonyl (C=O) groups excluding carboxylic acids is 1. The van der Waals surface area contributed by atoms with Crippen LogP contribution < -0.4 is 19.5 Å². The zero-order chi connectivity index (χ0) is 26.5. The van der Waals surface area contributed by atoms with Crippen LogP contribution in [0, 0.1) is 25.2 Å². The average molecular weight is 517 g/mol. The lowest BCUT2D eigenvalue weighted by Crippen LogP contribution is -2.20. The average Bonchev–Trinajstić information content (AvgIpc) is 3.28. The van der Waals surface area contributed by atoms with Crippen molar-refractivity contribution < 1.29 is 19.0 Å². The molecule has 1 amide bonds. The molecule has 9 heteroatoms. The number of amides is 1. The molecule has 0 aliphatic carbocycles. The number of halogens is 1. The Kier molecular flexibility index (Phi) is 7.66. The van der Waals surface area contributed by atoms with Gasteiger partial charge in [0.15, 0.2) is 18.1 Å². The number of rotatable bonds is 8. The Bertz CT molecular complexity index is 1510. The second kappa shape index (κ2) is 11.1. The molecule has 0 radical (unpaired) electrons. The van der Waals surface area contributed by atoms with Crippen molar-refractivity contribution in [2.75, 3.05) is 26.1 Å². The van der Waals surface area contributed by atoms with E-state index in [9.17, 15) is 10.1 Å². The predicted octanol–water partition coefficient (Wildman–Crippen LogP) is 5.93. The summed E-state index contributed by atoms with van der Waals surface area (Å²) in [5, 5.41) is 12.9. The summed E-state index contributed by atoms with van der Waals surface area (Å²) in [6.45, 7) is 3.82. The molecule has 0 unspecified atom stereocenters. The Balaban J connectivity index is 1.48. The topological polar surface area (TPSA) is 109 Å². The molecule has 188 valence electrons. The van der Waals surface area contributed by atoms with Gasteiger partial charge in [0.2, 0.25) is 0 Å². The number of anilines is 1. The lowest BCUT2D eigenvalue weighted by Gasteiger charge is -2.12. The molecule has 4 rings (SSSR count). The third-order valence-corrected chi connectivity index (χ3v) is 6.06. The lowest BCUT2D eigenvalue weighted by molar-refractivity contribution is -0.118. The molecule has 0 atom stereocenters. The Morgan fingerprint density at radius 1 is 1.05 bits per heavy atom. The molecule has 0 spiro atoms. The number of hydrogen-bond donors (Lipinski definition) is 2. The zero-order valence-corrected chi connectivity index (χ0v) is 21.6. The molecular formula is C28H25ClN4O4. The molecule has 0 saturated carbocycles. The van der Waals surface area contributed by atoms with E-state index in [0.29, 0.717) is 44.9 Å². The highest BCUT2D eigenvalue weighted by Crippen LogP contribution is 2.31. The van der Waals surface area contributed by atoms with Gasteiger partial charge in [-0.2, -0.15) is 5.26 Å². The van der Waals surface area contributed by atoms with Crippen molar-refractivity contribution in [1.82, 2.24) is 9.97 Å². The number of nitrogens with zero attached hydrogens (tertiary/aromatic N) is 2. The third kappa shape index (κ3) is 5.85. The Morgan fingerprint density at radius 3 is 2.49 bits per heavy atom. The first kappa shape index (κ1) is 25.6. The molecule has 37 heavy (non-hydrogen) atoms. The quantitative estimate of drug-likeness (QED) is 0.281. The first-order valence-electron chi connectivity index (χ1n) is 11.3. The van der Waals surface area contributed by atoms with Gasteiger partial charge in [-0.05, 0) is 79.1 Å². The van der Waals surface area contributed by atoms with Gasteiger partial charge < -0.3 is 24.5 Å². The van der Waals surface area contributed by atoms with Crippen LogP contribution in [0.1, 0.15) is 22.5 Å². The summed E-state index contributed by atoms with van der Waals surface area (Å²) >= 11 is 6.10. The van der Waals surface area contributed by atoms with Gasteiger partial charge in [0, 0.05) is 5.69 Å². The number of aromatic nitrogens is 2. The van der Waals surface area contributed by atoms with Crippen LogP contribution in [0.4, 0.5) is 5.69 Å². The number of carbonyl (C=O) groups is 1. The number of H-pyrrole nitrogens is 1. The lowest BCUT2D eigenvalue weighted by atomic mass is 10.1. The van der Waals surface area contributed by atoms with E-state index in [1.807, 2.05) is 26.0 Å². The molecule has 0 aliphatic rings. The highest BCUT2D eigenvalue weighted by atomic mass is 35.5. The highest BCUT2D eigenvalue weighted by molar-refractivity contribution is 6.32. The van der Waals surface area contributed by atoms with E-state index >= 15 is 0 Å². The third-order valence-electron chi connectivity index (χ3n) is 5.77. The van der Waals surface area contributed by atoms with Gasteiger partial charge in [-0.1, -0.05) is 17.7 Å². The van der Waals surface area contributed by atoms with Crippen LogP contribution in [0.25, 0.3) is 22.7 Å². The van der Waals surface area contributed by atoms with Crippen LogP contribution in [-0.4, -0.2) is 36.7 Å². The van der Waals surface area contributed by atoms with Crippen LogP contribution in [-0.2, 0) is 4.79 Å². The number of nitrogens with one attached hydrogen (secondary N) is 2. The number of allylic oxidation sites excluding steroid dienone is 1. The molecule has 1 heterocycles. The van der Waals surface area contributed by atoms with E-state index in [0.717, 1.165) is 22.2 Å². The first-order chi connectivity index (χ1) is 17.8. The zero-order valence-electron chi connectivity index (χ0n) is 20.8. The number of aromatic amines is 1. The van der Waals surface area contributed by atoms with Crippen molar-refractivity contribution in [1.29, 1.82) is 5.26 Å². The molecule has 3 aromatic carbocycles. The van der Waals surface area contributed by atoms with Crippen molar-refractivity contribution in [2.45, 2.75) is 13.8 Å². The summed E-state index contributed by atoms with van der Waals surface area (Å²) < 4.78 is 16.2. The van der Waals surface area contributed by atoms with Gasteiger partial charge in [-0.15, -0.1) is 0 Å². The van der Waals surface area contributed by atoms with E-state index in [1.165, 1.54) is 14.2 Å². The van der Waals surface area contributed by atoms with Crippen molar-refractivity contribution in [2.24, 2.45) is 0 Å². The van der Waals surface area contributed by atoms with E-state index in [-0.39, 0.29) is 12.5 Å². The normalized spacial score (nSPS) is 11.2. The van der Waals surface area contributed by atoms with Crippen molar-refractivity contribution in [3.63, 3.8) is 0 Å². The SMILES string of the molecule is COc1ccc(NC(=O)COc2ccc(/C=C(\C#N)c3nc4cc(C)c(C)cc4[nH]3)cc2OC)cc1Cl. The largest absolute Gasteiger partial charge is 0.495 e. The highest BCUT2D eigenvalue weighted by Gasteiger charge is 2.12. The number of imidazole rings is 1. The minimum absolute atomic E-state index is 0.240. The van der Waals surface area contributed by atoms with Crippen LogP contribution in [0.2, 0.25) is 5.02 Å². The van der Waals surface area contributed by atoms with E-state index in [1.54, 1.807) is 42.5 Å². The molecule has 4 aromatic rings. The summed E-state index contributed by atoms with van der Waals surface area (Å²) in [7, 11) is 3.02. The van der Waals surface area contributed by atoms with Gasteiger partial charge in [0.25, 0.3) is 5.91 Å². The summed E-state index contributed by atoms with van der Waals surface area (Å²) in [4.78, 5) is 20.2. The van der Waals surface area contributed by atoms with Gasteiger partial charge in [0.1, 0.15) is 17.6 Å². The number of nitriles is 1. The maximum Gasteiger partial charge on any atom is 0.262 e. The molecule has 2 N–H and O–H groups in total. The van der Waals surface area contributed by atoms with Gasteiger partial charge in [-0.25, -0.2) is 4.98 Å². The van der Waals surface area contributed by atoms with Crippen molar-refractivity contribution >= 4 is 45.9 Å². The molecule has 0 saturated heterocycles. The van der Waals surface area contributed by atoms with Crippen LogP contribution >= 0.6 is 11.6 Å². The number of aryl methyl sites for hydroxylation is 2. The summed E-state index contributed by atoms with van der Waals surface area (Å²) in [6.07, 6.45) is 1.71. The van der Waals surface area contributed by atoms with E-state index in [2.05, 4.69) is 21.4 Å². The number of hydrogen-bond acceptors (Lipinski definition) is 6. The predicted molar refractivity (Wildman–Crippen MR) is 144 cm³/mol. The number of ether oxygens (including phenoxy) is 3.